The van der Waals surface area contributed by atoms with Crippen molar-refractivity contribution in [2.45, 2.75) is 19.4 Å². The van der Waals surface area contributed by atoms with Gasteiger partial charge in [0.25, 0.3) is 5.91 Å². The zero-order valence-corrected chi connectivity index (χ0v) is 16.2. The number of fused-ring (bicyclic) bond motifs is 1. The second-order valence-electron chi connectivity index (χ2n) is 7.33. The van der Waals surface area contributed by atoms with Gasteiger partial charge in [0.2, 0.25) is 5.91 Å². The quantitative estimate of drug-likeness (QED) is 0.800. The topological polar surface area (TPSA) is 59.1 Å². The number of benzene rings is 2. The molecule has 28 heavy (non-hydrogen) atoms. The fourth-order valence-corrected chi connectivity index (χ4v) is 3.41. The summed E-state index contributed by atoms with van der Waals surface area (Å²) in [6.45, 7) is 1.51. The van der Waals surface area contributed by atoms with Gasteiger partial charge < -0.3 is 19.3 Å². The molecule has 2 aromatic carbocycles. The van der Waals surface area contributed by atoms with E-state index in [2.05, 4.69) is 0 Å². The van der Waals surface area contributed by atoms with Crippen LogP contribution >= 0.6 is 0 Å². The van der Waals surface area contributed by atoms with E-state index in [1.54, 1.807) is 30.0 Å². The first-order valence-electron chi connectivity index (χ1n) is 9.55. The Labute approximate surface area is 164 Å². The summed E-state index contributed by atoms with van der Waals surface area (Å²) < 4.78 is 11.2. The van der Waals surface area contributed by atoms with Gasteiger partial charge >= 0.3 is 0 Å². The molecule has 2 aromatic rings. The number of para-hydroxylation sites is 1. The monoisotopic (exact) mass is 380 g/mol. The van der Waals surface area contributed by atoms with E-state index in [9.17, 15) is 9.59 Å². The normalized spacial score (nSPS) is 15.1. The molecule has 146 valence electrons. The Bertz CT molecular complexity index is 907. The van der Waals surface area contributed by atoms with E-state index in [0.29, 0.717) is 36.8 Å². The molecule has 1 saturated carbocycles. The van der Waals surface area contributed by atoms with Crippen LogP contribution in [-0.4, -0.2) is 44.0 Å². The molecule has 1 aliphatic heterocycles. The third-order valence-electron chi connectivity index (χ3n) is 5.13. The maximum absolute atomic E-state index is 13.1. The molecule has 1 fully saturated rings. The lowest BCUT2D eigenvalue weighted by atomic mass is 10.1. The first-order valence-corrected chi connectivity index (χ1v) is 9.55. The third kappa shape index (κ3) is 3.67. The molecule has 0 radical (unpaired) electrons. The molecule has 4 rings (SSSR count). The van der Waals surface area contributed by atoms with Gasteiger partial charge in [-0.05, 0) is 42.7 Å². The molecule has 2 aliphatic rings. The number of hydrogen-bond donors (Lipinski definition) is 0. The van der Waals surface area contributed by atoms with Crippen molar-refractivity contribution in [1.29, 1.82) is 0 Å². The van der Waals surface area contributed by atoms with Crippen molar-refractivity contribution in [3.63, 3.8) is 0 Å². The lowest BCUT2D eigenvalue weighted by Gasteiger charge is -2.24. The molecule has 6 nitrogen and oxygen atoms in total. The van der Waals surface area contributed by atoms with Crippen molar-refractivity contribution in [2.75, 3.05) is 32.2 Å². The SMILES string of the molecule is CN(Cc1ccc2c(c1)OCCO2)C(=O)c1ccccc1N(C)C(=O)C1CC1. The fourth-order valence-electron chi connectivity index (χ4n) is 3.41. The number of carbonyl (C=O) groups excluding carboxylic acids is 2. The highest BCUT2D eigenvalue weighted by Gasteiger charge is 2.33. The summed E-state index contributed by atoms with van der Waals surface area (Å²) in [7, 11) is 3.51. The molecule has 0 atom stereocenters. The van der Waals surface area contributed by atoms with Gasteiger partial charge in [0.1, 0.15) is 13.2 Å². The molecule has 0 N–H and O–H groups in total. The van der Waals surface area contributed by atoms with Crippen LogP contribution in [0.25, 0.3) is 0 Å². The fraction of sp³-hybridized carbons (Fsp3) is 0.364. The van der Waals surface area contributed by atoms with Crippen molar-refractivity contribution >= 4 is 17.5 Å². The summed E-state index contributed by atoms with van der Waals surface area (Å²) >= 11 is 0. The van der Waals surface area contributed by atoms with E-state index in [1.807, 2.05) is 36.4 Å². The molecule has 0 bridgehead atoms. The number of carbonyl (C=O) groups is 2. The minimum absolute atomic E-state index is 0.0785. The molecule has 0 spiro atoms. The van der Waals surface area contributed by atoms with Gasteiger partial charge in [-0.1, -0.05) is 18.2 Å². The molecule has 1 aliphatic carbocycles. The molecule has 2 amide bonds. The average Bonchev–Trinajstić information content (AvgIpc) is 3.57. The summed E-state index contributed by atoms with van der Waals surface area (Å²) in [6.07, 6.45) is 1.87. The van der Waals surface area contributed by atoms with Crippen LogP contribution in [0.1, 0.15) is 28.8 Å². The summed E-state index contributed by atoms with van der Waals surface area (Å²) in [4.78, 5) is 28.8. The van der Waals surface area contributed by atoms with Gasteiger partial charge in [-0.2, -0.15) is 0 Å². The van der Waals surface area contributed by atoms with Gasteiger partial charge in [0, 0.05) is 26.6 Å². The molecule has 1 heterocycles. The summed E-state index contributed by atoms with van der Waals surface area (Å²) in [6, 6.07) is 13.0. The highest BCUT2D eigenvalue weighted by Crippen LogP contribution is 2.34. The Kier molecular flexibility index (Phi) is 4.94. The van der Waals surface area contributed by atoms with Gasteiger partial charge in [-0.25, -0.2) is 0 Å². The first-order chi connectivity index (χ1) is 13.5. The van der Waals surface area contributed by atoms with Crippen LogP contribution in [0.3, 0.4) is 0 Å². The lowest BCUT2D eigenvalue weighted by Crippen LogP contribution is -2.32. The summed E-state index contributed by atoms with van der Waals surface area (Å²) in [5.41, 5.74) is 2.14. The Morgan fingerprint density at radius 2 is 1.71 bits per heavy atom. The van der Waals surface area contributed by atoms with Crippen molar-refractivity contribution in [1.82, 2.24) is 4.90 Å². The van der Waals surface area contributed by atoms with E-state index in [1.165, 1.54) is 0 Å². The minimum atomic E-state index is -0.124. The van der Waals surface area contributed by atoms with Gasteiger partial charge in [0.05, 0.1) is 11.3 Å². The Morgan fingerprint density at radius 1 is 1.00 bits per heavy atom. The van der Waals surface area contributed by atoms with Crippen LogP contribution in [-0.2, 0) is 11.3 Å². The van der Waals surface area contributed by atoms with Crippen molar-refractivity contribution in [2.24, 2.45) is 5.92 Å². The highest BCUT2D eigenvalue weighted by molar-refractivity contribution is 6.05. The van der Waals surface area contributed by atoms with E-state index in [0.717, 1.165) is 24.2 Å². The summed E-state index contributed by atoms with van der Waals surface area (Å²) in [5, 5.41) is 0. The first kappa shape index (κ1) is 18.3. The van der Waals surface area contributed by atoms with Crippen LogP contribution < -0.4 is 14.4 Å². The standard InChI is InChI=1S/C22H24N2O4/c1-23(14-15-7-10-19-20(13-15)28-12-11-27-19)22(26)17-5-3-4-6-18(17)24(2)21(25)16-8-9-16/h3-7,10,13,16H,8-9,11-12,14H2,1-2H3. The van der Waals surface area contributed by atoms with Crippen molar-refractivity contribution in [3.8, 4) is 11.5 Å². The predicted molar refractivity (Wildman–Crippen MR) is 106 cm³/mol. The minimum Gasteiger partial charge on any atom is -0.486 e. The number of anilines is 1. The third-order valence-corrected chi connectivity index (χ3v) is 5.13. The molecular weight excluding hydrogens is 356 g/mol. The molecular formula is C22H24N2O4. The number of ether oxygens (including phenoxy) is 2. The van der Waals surface area contributed by atoms with Crippen LogP contribution in [0.2, 0.25) is 0 Å². The Morgan fingerprint density at radius 3 is 2.46 bits per heavy atom. The van der Waals surface area contributed by atoms with E-state index < -0.39 is 0 Å². The zero-order valence-electron chi connectivity index (χ0n) is 16.2. The van der Waals surface area contributed by atoms with Crippen LogP contribution in [0.5, 0.6) is 11.5 Å². The van der Waals surface area contributed by atoms with Crippen molar-refractivity contribution in [3.05, 3.63) is 53.6 Å². The van der Waals surface area contributed by atoms with E-state index >= 15 is 0 Å². The average molecular weight is 380 g/mol. The molecule has 0 saturated heterocycles. The van der Waals surface area contributed by atoms with Gasteiger partial charge in [-0.3, -0.25) is 9.59 Å². The smallest absolute Gasteiger partial charge is 0.256 e. The second-order valence-corrected chi connectivity index (χ2v) is 7.33. The number of nitrogens with zero attached hydrogens (tertiary/aromatic N) is 2. The maximum atomic E-state index is 13.1. The number of amides is 2. The predicted octanol–water partition coefficient (Wildman–Crippen LogP) is 3.10. The van der Waals surface area contributed by atoms with E-state index in [-0.39, 0.29) is 17.7 Å². The second kappa shape index (κ2) is 7.54. The van der Waals surface area contributed by atoms with Gasteiger partial charge in [-0.15, -0.1) is 0 Å². The van der Waals surface area contributed by atoms with Crippen LogP contribution in [0.15, 0.2) is 42.5 Å². The largest absolute Gasteiger partial charge is 0.486 e. The zero-order chi connectivity index (χ0) is 19.7. The van der Waals surface area contributed by atoms with Gasteiger partial charge in [0.15, 0.2) is 11.5 Å². The Balaban J connectivity index is 1.52. The molecule has 0 unspecified atom stereocenters. The Hall–Kier alpha value is -3.02. The number of hydrogen-bond acceptors (Lipinski definition) is 4. The maximum Gasteiger partial charge on any atom is 0.256 e. The van der Waals surface area contributed by atoms with Crippen LogP contribution in [0.4, 0.5) is 5.69 Å². The lowest BCUT2D eigenvalue weighted by molar-refractivity contribution is -0.119. The summed E-state index contributed by atoms with van der Waals surface area (Å²) in [5.74, 6) is 1.49. The van der Waals surface area contributed by atoms with Crippen molar-refractivity contribution < 1.29 is 19.1 Å². The molecule has 6 heteroatoms. The number of rotatable bonds is 5. The van der Waals surface area contributed by atoms with E-state index in [4.69, 9.17) is 9.47 Å². The molecule has 0 aromatic heterocycles. The van der Waals surface area contributed by atoms with Crippen LogP contribution in [0, 0.1) is 5.92 Å². The highest BCUT2D eigenvalue weighted by atomic mass is 16.6.